The Morgan fingerprint density at radius 2 is 1.25 bits per heavy atom. The topological polar surface area (TPSA) is 46.5 Å². The van der Waals surface area contributed by atoms with E-state index < -0.39 is 41.8 Å². The van der Waals surface area contributed by atoms with Crippen LogP contribution >= 0.6 is 18.2 Å². The number of halogens is 6. The molecular weight excluding hydrogens is 281 g/mol. The fourth-order valence-corrected chi connectivity index (χ4v) is 1.37. The summed E-state index contributed by atoms with van der Waals surface area (Å²) in [5.74, 6) is -13.7. The normalized spacial score (nSPS) is 14.7. The Labute approximate surface area is 89.7 Å². The molecule has 0 fully saturated rings. The molecule has 0 saturated heterocycles. The van der Waals surface area contributed by atoms with Gasteiger partial charge >= 0.3 is 6.95 Å². The van der Waals surface area contributed by atoms with Crippen molar-refractivity contribution in [2.24, 2.45) is 0 Å². The molecule has 0 aliphatic carbocycles. The molecule has 0 aromatic heterocycles. The Morgan fingerprint density at radius 1 is 0.938 bits per heavy atom. The van der Waals surface area contributed by atoms with Gasteiger partial charge in [0.05, 0.1) is 0 Å². The predicted molar refractivity (Wildman–Crippen MR) is 42.5 cm³/mol. The van der Waals surface area contributed by atoms with Crippen molar-refractivity contribution in [1.82, 2.24) is 0 Å². The van der Waals surface area contributed by atoms with E-state index in [1.54, 1.807) is 0 Å². The van der Waals surface area contributed by atoms with Crippen molar-refractivity contribution in [1.29, 1.82) is 0 Å². The highest BCUT2D eigenvalue weighted by molar-refractivity contribution is 7.80. The van der Waals surface area contributed by atoms with Crippen LogP contribution in [-0.2, 0) is 4.57 Å². The first-order valence-electron chi connectivity index (χ1n) is 3.38. The number of hydrogen-bond acceptors (Lipinski definition) is 2. The van der Waals surface area contributed by atoms with Crippen LogP contribution in [-0.4, -0.2) is 4.89 Å². The maximum atomic E-state index is 12.8. The molecule has 0 heterocycles. The molecule has 0 saturated carbocycles. The van der Waals surface area contributed by atoms with Crippen LogP contribution in [0, 0.1) is 29.1 Å². The SMILES string of the molecule is O=P(O)(Cl)Oc1c(F)c(F)c(F)c(F)c1F. The van der Waals surface area contributed by atoms with Crippen LogP contribution in [0.2, 0.25) is 0 Å². The third-order valence-corrected chi connectivity index (χ3v) is 1.99. The molecule has 10 heteroatoms. The summed E-state index contributed by atoms with van der Waals surface area (Å²) < 4.78 is 77.1. The first kappa shape index (κ1) is 13.2. The monoisotopic (exact) mass is 282 g/mol. The maximum Gasteiger partial charge on any atom is 0.474 e. The quantitative estimate of drug-likeness (QED) is 0.392. The molecule has 0 spiro atoms. The second-order valence-electron chi connectivity index (χ2n) is 2.44. The summed E-state index contributed by atoms with van der Waals surface area (Å²) in [5.41, 5.74) is 0. The highest BCUT2D eigenvalue weighted by Gasteiger charge is 2.31. The predicted octanol–water partition coefficient (Wildman–Crippen LogP) is 3.10. The Kier molecular flexibility index (Phi) is 3.47. The number of hydrogen-bond donors (Lipinski definition) is 1. The maximum absolute atomic E-state index is 12.8. The minimum atomic E-state index is -4.96. The van der Waals surface area contributed by atoms with Gasteiger partial charge in [-0.15, -0.1) is 0 Å². The Balaban J connectivity index is 3.46. The number of benzene rings is 1. The number of rotatable bonds is 2. The average Bonchev–Trinajstić information content (AvgIpc) is 2.17. The van der Waals surface area contributed by atoms with Gasteiger partial charge in [0.25, 0.3) is 0 Å². The zero-order valence-electron chi connectivity index (χ0n) is 6.98. The largest absolute Gasteiger partial charge is 0.474 e. The molecule has 0 bridgehead atoms. The molecule has 0 amide bonds. The van der Waals surface area contributed by atoms with E-state index in [1.165, 1.54) is 0 Å². The van der Waals surface area contributed by atoms with E-state index in [4.69, 9.17) is 4.89 Å². The van der Waals surface area contributed by atoms with Gasteiger partial charge in [-0.25, -0.2) is 17.7 Å². The summed E-state index contributed by atoms with van der Waals surface area (Å²) in [5, 5.41) is 0. The standard InChI is InChI=1S/C6HClF5O3P/c7-16(13,14)15-6-4(11)2(9)1(8)3(10)5(6)12/h(H,13,14). The van der Waals surface area contributed by atoms with E-state index >= 15 is 0 Å². The van der Waals surface area contributed by atoms with Crippen molar-refractivity contribution in [2.45, 2.75) is 0 Å². The van der Waals surface area contributed by atoms with Crippen LogP contribution in [0.25, 0.3) is 0 Å². The van der Waals surface area contributed by atoms with Gasteiger partial charge in [0.1, 0.15) is 0 Å². The highest BCUT2D eigenvalue weighted by Crippen LogP contribution is 2.49. The van der Waals surface area contributed by atoms with E-state index in [-0.39, 0.29) is 0 Å². The van der Waals surface area contributed by atoms with Crippen LogP contribution in [0.3, 0.4) is 0 Å². The summed E-state index contributed by atoms with van der Waals surface area (Å²) in [4.78, 5) is 8.40. The van der Waals surface area contributed by atoms with Crippen molar-refractivity contribution >= 4 is 18.2 Å². The van der Waals surface area contributed by atoms with Crippen molar-refractivity contribution in [2.75, 3.05) is 0 Å². The molecule has 0 radical (unpaired) electrons. The summed E-state index contributed by atoms with van der Waals surface area (Å²) in [6.45, 7) is -4.96. The van der Waals surface area contributed by atoms with Crippen LogP contribution in [0.15, 0.2) is 0 Å². The lowest BCUT2D eigenvalue weighted by Gasteiger charge is -2.09. The van der Waals surface area contributed by atoms with Crippen molar-refractivity contribution in [3.05, 3.63) is 29.1 Å². The van der Waals surface area contributed by atoms with Gasteiger partial charge in [0.2, 0.25) is 34.8 Å². The van der Waals surface area contributed by atoms with Gasteiger partial charge in [-0.3, -0.25) is 0 Å². The molecule has 90 valence electrons. The summed E-state index contributed by atoms with van der Waals surface area (Å²) in [6, 6.07) is 0. The molecule has 1 aromatic rings. The third-order valence-electron chi connectivity index (χ3n) is 1.37. The molecule has 1 N–H and O–H groups in total. The van der Waals surface area contributed by atoms with E-state index in [0.717, 1.165) is 0 Å². The van der Waals surface area contributed by atoms with Crippen molar-refractivity contribution in [3.63, 3.8) is 0 Å². The average molecular weight is 282 g/mol. The second-order valence-corrected chi connectivity index (χ2v) is 4.81. The second kappa shape index (κ2) is 4.20. The lowest BCUT2D eigenvalue weighted by molar-refractivity contribution is 0.331. The molecule has 3 nitrogen and oxygen atoms in total. The van der Waals surface area contributed by atoms with Crippen LogP contribution < -0.4 is 4.52 Å². The minimum Gasteiger partial charge on any atom is -0.407 e. The summed E-state index contributed by atoms with van der Waals surface area (Å²) in [7, 11) is 0. The summed E-state index contributed by atoms with van der Waals surface area (Å²) >= 11 is 4.57. The van der Waals surface area contributed by atoms with Crippen LogP contribution in [0.4, 0.5) is 22.0 Å². The zero-order valence-corrected chi connectivity index (χ0v) is 8.63. The van der Waals surface area contributed by atoms with E-state index in [1.807, 2.05) is 0 Å². The fraction of sp³-hybridized carbons (Fsp3) is 0. The Bertz CT molecular complexity index is 459. The zero-order chi connectivity index (χ0) is 12.7. The highest BCUT2D eigenvalue weighted by atomic mass is 35.7. The van der Waals surface area contributed by atoms with Crippen LogP contribution in [0.1, 0.15) is 0 Å². The molecule has 1 rings (SSSR count). The molecule has 0 aliphatic rings. The van der Waals surface area contributed by atoms with E-state index in [0.29, 0.717) is 0 Å². The fourth-order valence-electron chi connectivity index (χ4n) is 0.778. The Morgan fingerprint density at radius 3 is 1.56 bits per heavy atom. The smallest absolute Gasteiger partial charge is 0.407 e. The Hall–Kier alpha value is -0.850. The van der Waals surface area contributed by atoms with Gasteiger partial charge in [0, 0.05) is 11.2 Å². The molecule has 16 heavy (non-hydrogen) atoms. The van der Waals surface area contributed by atoms with Crippen molar-refractivity contribution in [3.8, 4) is 5.75 Å². The molecule has 1 atom stereocenters. The molecule has 1 aromatic carbocycles. The van der Waals surface area contributed by atoms with Gasteiger partial charge in [0.15, 0.2) is 0 Å². The van der Waals surface area contributed by atoms with Gasteiger partial charge in [-0.05, 0) is 0 Å². The van der Waals surface area contributed by atoms with Crippen LogP contribution in [0.5, 0.6) is 5.75 Å². The van der Waals surface area contributed by atoms with Gasteiger partial charge < -0.3 is 9.42 Å². The molecule has 1 unspecified atom stereocenters. The first-order chi connectivity index (χ1) is 7.15. The third kappa shape index (κ3) is 2.45. The van der Waals surface area contributed by atoms with Gasteiger partial charge in [-0.2, -0.15) is 8.78 Å². The van der Waals surface area contributed by atoms with E-state index in [2.05, 4.69) is 15.8 Å². The lowest BCUT2D eigenvalue weighted by Crippen LogP contribution is -2.04. The lowest BCUT2D eigenvalue weighted by atomic mass is 10.3. The minimum absolute atomic E-state index is 1.91. The first-order valence-corrected chi connectivity index (χ1v) is 5.87. The molecule has 0 aliphatic heterocycles. The van der Waals surface area contributed by atoms with Gasteiger partial charge in [-0.1, -0.05) is 0 Å². The van der Waals surface area contributed by atoms with E-state index in [9.17, 15) is 26.5 Å². The van der Waals surface area contributed by atoms with Crippen molar-refractivity contribution < 1.29 is 35.9 Å². The summed E-state index contributed by atoms with van der Waals surface area (Å²) in [6.07, 6.45) is 0. The molecular formula is C6HClF5O3P.